The van der Waals surface area contributed by atoms with Gasteiger partial charge in [-0.15, -0.1) is 0 Å². The summed E-state index contributed by atoms with van der Waals surface area (Å²) in [7, 11) is 1.81. The van der Waals surface area contributed by atoms with E-state index in [-0.39, 0.29) is 5.56 Å². The largest absolute Gasteiger partial charge is 0.306 e. The van der Waals surface area contributed by atoms with Gasteiger partial charge in [0.2, 0.25) is 0 Å². The van der Waals surface area contributed by atoms with E-state index < -0.39 is 0 Å². The van der Waals surface area contributed by atoms with Gasteiger partial charge in [-0.25, -0.2) is 4.98 Å². The van der Waals surface area contributed by atoms with Crippen LogP contribution in [-0.4, -0.2) is 19.7 Å². The van der Waals surface area contributed by atoms with Gasteiger partial charge in [-0.2, -0.15) is 5.10 Å². The molecule has 7 heteroatoms. The van der Waals surface area contributed by atoms with Crippen molar-refractivity contribution in [1.82, 2.24) is 19.7 Å². The van der Waals surface area contributed by atoms with E-state index in [1.54, 1.807) is 29.2 Å². The molecule has 0 atom stereocenters. The Labute approximate surface area is 133 Å². The molecule has 3 aromatic rings. The number of H-pyrrole nitrogens is 1. The van der Waals surface area contributed by atoms with Gasteiger partial charge in [0.05, 0.1) is 16.9 Å². The molecule has 0 radical (unpaired) electrons. The summed E-state index contributed by atoms with van der Waals surface area (Å²) >= 11 is 9.56. The highest BCUT2D eigenvalue weighted by Gasteiger charge is 2.10. The van der Waals surface area contributed by atoms with Crippen molar-refractivity contribution in [3.8, 4) is 22.6 Å². The Kier molecular flexibility index (Phi) is 3.65. The van der Waals surface area contributed by atoms with Crippen molar-refractivity contribution in [2.24, 2.45) is 7.05 Å². The van der Waals surface area contributed by atoms with Gasteiger partial charge in [0.1, 0.15) is 5.82 Å². The molecule has 0 amide bonds. The summed E-state index contributed by atoms with van der Waals surface area (Å²) in [6.07, 6.45) is 3.46. The standard InChI is InChI=1S/C14H10BrClN4O/c1-20-7-8(6-17-20)12-5-13(21)19-14(18-12)10-3-2-9(15)4-11(10)16/h2-7H,1H3,(H,18,19,21). The van der Waals surface area contributed by atoms with Crippen LogP contribution in [0.15, 0.2) is 45.9 Å². The number of aryl methyl sites for hydroxylation is 1. The SMILES string of the molecule is Cn1cc(-c2cc(=O)[nH]c(-c3ccc(Br)cc3Cl)n2)cn1. The number of benzene rings is 1. The minimum atomic E-state index is -0.238. The first kappa shape index (κ1) is 14.0. The van der Waals surface area contributed by atoms with Crippen LogP contribution in [-0.2, 0) is 7.05 Å². The lowest BCUT2D eigenvalue weighted by molar-refractivity contribution is 0.768. The van der Waals surface area contributed by atoms with Crippen LogP contribution < -0.4 is 5.56 Å². The summed E-state index contributed by atoms with van der Waals surface area (Å²) in [6, 6.07) is 6.84. The maximum Gasteiger partial charge on any atom is 0.251 e. The molecule has 0 saturated carbocycles. The summed E-state index contributed by atoms with van der Waals surface area (Å²) in [5, 5.41) is 4.60. The Morgan fingerprint density at radius 2 is 2.14 bits per heavy atom. The Balaban J connectivity index is 2.16. The van der Waals surface area contributed by atoms with E-state index in [0.29, 0.717) is 22.1 Å². The Morgan fingerprint density at radius 1 is 1.33 bits per heavy atom. The third kappa shape index (κ3) is 2.91. The lowest BCUT2D eigenvalue weighted by atomic mass is 10.2. The molecule has 0 unspecified atom stereocenters. The molecule has 0 aliphatic carbocycles. The van der Waals surface area contributed by atoms with Crippen LogP contribution in [0.3, 0.4) is 0 Å². The molecular formula is C14H10BrClN4O. The minimum Gasteiger partial charge on any atom is -0.306 e. The van der Waals surface area contributed by atoms with Crippen molar-refractivity contribution < 1.29 is 0 Å². The fourth-order valence-corrected chi connectivity index (χ4v) is 2.73. The summed E-state index contributed by atoms with van der Waals surface area (Å²) in [5.74, 6) is 0.429. The summed E-state index contributed by atoms with van der Waals surface area (Å²) in [5.41, 5.74) is 1.76. The average Bonchev–Trinajstić information content (AvgIpc) is 2.84. The normalized spacial score (nSPS) is 10.8. The zero-order chi connectivity index (χ0) is 15.0. The zero-order valence-electron chi connectivity index (χ0n) is 11.0. The fourth-order valence-electron chi connectivity index (χ4n) is 1.97. The van der Waals surface area contributed by atoms with Crippen LogP contribution in [0.25, 0.3) is 22.6 Å². The van der Waals surface area contributed by atoms with Crippen LogP contribution in [0.1, 0.15) is 0 Å². The van der Waals surface area contributed by atoms with Crippen LogP contribution in [0, 0.1) is 0 Å². The molecule has 3 rings (SSSR count). The highest BCUT2D eigenvalue weighted by atomic mass is 79.9. The lowest BCUT2D eigenvalue weighted by Crippen LogP contribution is -2.08. The molecular weight excluding hydrogens is 356 g/mol. The van der Waals surface area contributed by atoms with Crippen LogP contribution in [0.4, 0.5) is 0 Å². The number of rotatable bonds is 2. The van der Waals surface area contributed by atoms with Gasteiger partial charge in [0.25, 0.3) is 5.56 Å². The first-order valence-corrected chi connectivity index (χ1v) is 7.26. The summed E-state index contributed by atoms with van der Waals surface area (Å²) < 4.78 is 2.52. The molecule has 106 valence electrons. The van der Waals surface area contributed by atoms with Gasteiger partial charge in [0, 0.05) is 34.9 Å². The third-order valence-electron chi connectivity index (χ3n) is 2.93. The maximum absolute atomic E-state index is 11.9. The molecule has 0 fully saturated rings. The van der Waals surface area contributed by atoms with Gasteiger partial charge in [0.15, 0.2) is 0 Å². The number of nitrogens with one attached hydrogen (secondary N) is 1. The molecule has 0 aliphatic heterocycles. The number of aromatic amines is 1. The number of aromatic nitrogens is 4. The van der Waals surface area contributed by atoms with E-state index in [1.165, 1.54) is 6.07 Å². The first-order valence-electron chi connectivity index (χ1n) is 6.09. The molecule has 21 heavy (non-hydrogen) atoms. The van der Waals surface area contributed by atoms with E-state index in [0.717, 1.165) is 10.0 Å². The quantitative estimate of drug-likeness (QED) is 0.758. The van der Waals surface area contributed by atoms with E-state index in [9.17, 15) is 4.79 Å². The topological polar surface area (TPSA) is 63.6 Å². The predicted molar refractivity (Wildman–Crippen MR) is 85.2 cm³/mol. The number of hydrogen-bond donors (Lipinski definition) is 1. The minimum absolute atomic E-state index is 0.238. The number of nitrogens with zero attached hydrogens (tertiary/aromatic N) is 3. The second kappa shape index (κ2) is 5.46. The van der Waals surface area contributed by atoms with E-state index >= 15 is 0 Å². The molecule has 0 spiro atoms. The van der Waals surface area contributed by atoms with Crippen LogP contribution in [0.5, 0.6) is 0 Å². The van der Waals surface area contributed by atoms with Gasteiger partial charge in [-0.05, 0) is 18.2 Å². The Hall–Kier alpha value is -1.92. The third-order valence-corrected chi connectivity index (χ3v) is 3.73. The smallest absolute Gasteiger partial charge is 0.251 e. The molecule has 2 heterocycles. The van der Waals surface area contributed by atoms with E-state index in [1.807, 2.05) is 13.1 Å². The molecule has 0 saturated heterocycles. The highest BCUT2D eigenvalue weighted by molar-refractivity contribution is 9.10. The van der Waals surface area contributed by atoms with Crippen molar-refractivity contribution in [2.45, 2.75) is 0 Å². The van der Waals surface area contributed by atoms with Crippen LogP contribution in [0.2, 0.25) is 5.02 Å². The van der Waals surface area contributed by atoms with Crippen LogP contribution >= 0.6 is 27.5 Å². The van der Waals surface area contributed by atoms with Gasteiger partial charge in [-0.1, -0.05) is 27.5 Å². The molecule has 0 bridgehead atoms. The van der Waals surface area contributed by atoms with Gasteiger partial charge < -0.3 is 4.98 Å². The fraction of sp³-hybridized carbons (Fsp3) is 0.0714. The molecule has 2 aromatic heterocycles. The lowest BCUT2D eigenvalue weighted by Gasteiger charge is -2.05. The van der Waals surface area contributed by atoms with Crippen molar-refractivity contribution in [3.63, 3.8) is 0 Å². The zero-order valence-corrected chi connectivity index (χ0v) is 13.3. The van der Waals surface area contributed by atoms with Gasteiger partial charge in [-0.3, -0.25) is 9.48 Å². The second-order valence-corrected chi connectivity index (χ2v) is 5.83. The number of hydrogen-bond acceptors (Lipinski definition) is 3. The second-order valence-electron chi connectivity index (χ2n) is 4.51. The molecule has 1 N–H and O–H groups in total. The van der Waals surface area contributed by atoms with Crippen molar-refractivity contribution >= 4 is 27.5 Å². The molecule has 1 aromatic carbocycles. The van der Waals surface area contributed by atoms with E-state index in [4.69, 9.17) is 11.6 Å². The average molecular weight is 366 g/mol. The van der Waals surface area contributed by atoms with Crippen molar-refractivity contribution in [1.29, 1.82) is 0 Å². The molecule has 5 nitrogen and oxygen atoms in total. The van der Waals surface area contributed by atoms with Crippen molar-refractivity contribution in [3.05, 3.63) is 56.5 Å². The number of halogens is 2. The van der Waals surface area contributed by atoms with Crippen molar-refractivity contribution in [2.75, 3.05) is 0 Å². The Bertz CT molecular complexity index is 871. The van der Waals surface area contributed by atoms with E-state index in [2.05, 4.69) is 31.0 Å². The van der Waals surface area contributed by atoms with Gasteiger partial charge >= 0.3 is 0 Å². The highest BCUT2D eigenvalue weighted by Crippen LogP contribution is 2.28. The molecule has 0 aliphatic rings. The Morgan fingerprint density at radius 3 is 2.81 bits per heavy atom. The monoisotopic (exact) mass is 364 g/mol. The first-order chi connectivity index (χ1) is 10.0. The summed E-state index contributed by atoms with van der Waals surface area (Å²) in [6.45, 7) is 0. The maximum atomic E-state index is 11.9. The summed E-state index contributed by atoms with van der Waals surface area (Å²) in [4.78, 5) is 19.0. The predicted octanol–water partition coefficient (Wildman–Crippen LogP) is 3.25.